The van der Waals surface area contributed by atoms with E-state index in [1.165, 1.54) is 34.6 Å². The van der Waals surface area contributed by atoms with Crippen LogP contribution < -0.4 is 0 Å². The van der Waals surface area contributed by atoms with Crippen LogP contribution in [0.2, 0.25) is 0 Å². The van der Waals surface area contributed by atoms with Gasteiger partial charge in [-0.05, 0) is 34.6 Å². The van der Waals surface area contributed by atoms with Crippen molar-refractivity contribution < 1.29 is 24.0 Å². The molecule has 0 saturated carbocycles. The van der Waals surface area contributed by atoms with E-state index in [1.54, 1.807) is 14.7 Å². The molecule has 0 N–H and O–H groups in total. The summed E-state index contributed by atoms with van der Waals surface area (Å²) in [6.07, 6.45) is 0. The number of nitrogens with zero attached hydrogens (tertiary/aromatic N) is 3. The Balaban J connectivity index is 5.17. The third-order valence-corrected chi connectivity index (χ3v) is 3.03. The number of carbonyl (C=O) groups is 5. The molecule has 25 heavy (non-hydrogen) atoms. The van der Waals surface area contributed by atoms with Crippen LogP contribution >= 0.6 is 0 Å². The molecule has 0 amide bonds. The fourth-order valence-electron chi connectivity index (χ4n) is 2.60. The molecule has 8 heteroatoms. The lowest BCUT2D eigenvalue weighted by molar-refractivity contribution is -0.122. The van der Waals surface area contributed by atoms with Crippen LogP contribution in [0, 0.1) is 0 Å². The maximum Gasteiger partial charge on any atom is 0.143 e. The van der Waals surface area contributed by atoms with E-state index in [0.29, 0.717) is 0 Å². The Hall–Kier alpha value is -1.77. The Morgan fingerprint density at radius 1 is 0.440 bits per heavy atom. The molecule has 142 valence electrons. The molecule has 0 bridgehead atoms. The summed E-state index contributed by atoms with van der Waals surface area (Å²) in [4.78, 5) is 62.2. The summed E-state index contributed by atoms with van der Waals surface area (Å²) in [5, 5.41) is 0. The SMILES string of the molecule is CC(=O)CN(CC(C)=O)CN(CC(C)=O)CN(CC(C)=O)CC(C)=O. The molecule has 0 atom stereocenters. The Morgan fingerprint density at radius 2 is 0.640 bits per heavy atom. The number of ketones is 5. The van der Waals surface area contributed by atoms with E-state index in [0.717, 1.165) is 0 Å². The van der Waals surface area contributed by atoms with Gasteiger partial charge < -0.3 is 0 Å². The van der Waals surface area contributed by atoms with Crippen molar-refractivity contribution in [1.29, 1.82) is 0 Å². The smallest absolute Gasteiger partial charge is 0.143 e. The number of Topliss-reactive ketones (excluding diaryl/α,β-unsaturated/α-hetero) is 5. The zero-order chi connectivity index (χ0) is 19.6. The number of rotatable bonds is 14. The first-order chi connectivity index (χ1) is 11.5. The summed E-state index contributed by atoms with van der Waals surface area (Å²) >= 11 is 0. The van der Waals surface area contributed by atoms with Crippen LogP contribution in [0.3, 0.4) is 0 Å². The molecule has 0 rings (SSSR count). The van der Waals surface area contributed by atoms with Gasteiger partial charge in [0.05, 0.1) is 46.1 Å². The predicted molar refractivity (Wildman–Crippen MR) is 93.0 cm³/mol. The van der Waals surface area contributed by atoms with E-state index in [9.17, 15) is 24.0 Å². The molecule has 0 aromatic heterocycles. The topological polar surface area (TPSA) is 95.1 Å². The molecule has 0 radical (unpaired) electrons. The lowest BCUT2D eigenvalue weighted by atomic mass is 10.3. The van der Waals surface area contributed by atoms with E-state index in [1.807, 2.05) is 0 Å². The largest absolute Gasteiger partial charge is 0.299 e. The van der Waals surface area contributed by atoms with Gasteiger partial charge in [-0.3, -0.25) is 38.7 Å². The Kier molecular flexibility index (Phi) is 10.9. The number of hydrogen-bond acceptors (Lipinski definition) is 8. The molecule has 8 nitrogen and oxygen atoms in total. The van der Waals surface area contributed by atoms with Crippen LogP contribution in [0.1, 0.15) is 34.6 Å². The zero-order valence-electron chi connectivity index (χ0n) is 15.8. The van der Waals surface area contributed by atoms with Gasteiger partial charge in [-0.1, -0.05) is 0 Å². The normalized spacial score (nSPS) is 11.2. The molecular weight excluding hydrogens is 326 g/mol. The number of carbonyl (C=O) groups excluding carboxylic acids is 5. The van der Waals surface area contributed by atoms with E-state index < -0.39 is 0 Å². The molecule has 0 aliphatic heterocycles. The zero-order valence-corrected chi connectivity index (χ0v) is 15.8. The fourth-order valence-corrected chi connectivity index (χ4v) is 2.60. The summed E-state index contributed by atoms with van der Waals surface area (Å²) in [7, 11) is 0. The molecule has 0 heterocycles. The van der Waals surface area contributed by atoms with Gasteiger partial charge in [0, 0.05) is 0 Å². The highest BCUT2D eigenvalue weighted by Gasteiger charge is 2.20. The summed E-state index contributed by atoms with van der Waals surface area (Å²) in [6, 6.07) is 0. The van der Waals surface area contributed by atoms with Gasteiger partial charge in [-0.25, -0.2) is 0 Å². The van der Waals surface area contributed by atoms with Crippen LogP contribution in [0.15, 0.2) is 0 Å². The molecule has 0 aromatic carbocycles. The minimum absolute atomic E-state index is 0.0869. The van der Waals surface area contributed by atoms with Crippen molar-refractivity contribution in [2.75, 3.05) is 46.1 Å². The summed E-state index contributed by atoms with van der Waals surface area (Å²) in [5.41, 5.74) is 0. The summed E-state index contributed by atoms with van der Waals surface area (Å²) in [5.74, 6) is -0.445. The van der Waals surface area contributed by atoms with E-state index >= 15 is 0 Å². The average Bonchev–Trinajstić information content (AvgIpc) is 2.33. The third kappa shape index (κ3) is 13.2. The maximum atomic E-state index is 11.6. The van der Waals surface area contributed by atoms with Gasteiger partial charge in [0.15, 0.2) is 0 Å². The van der Waals surface area contributed by atoms with Crippen LogP contribution in [0.5, 0.6) is 0 Å². The van der Waals surface area contributed by atoms with Crippen molar-refractivity contribution in [3.63, 3.8) is 0 Å². The minimum Gasteiger partial charge on any atom is -0.299 e. The van der Waals surface area contributed by atoms with Crippen LogP contribution in [-0.2, 0) is 24.0 Å². The third-order valence-electron chi connectivity index (χ3n) is 3.03. The Morgan fingerprint density at radius 3 is 0.840 bits per heavy atom. The molecular formula is C17H29N3O5. The Bertz CT molecular complexity index is 448. The van der Waals surface area contributed by atoms with Gasteiger partial charge in [-0.2, -0.15) is 0 Å². The molecule has 0 spiro atoms. The highest BCUT2D eigenvalue weighted by molar-refractivity contribution is 5.81. The molecule has 0 saturated heterocycles. The average molecular weight is 355 g/mol. The molecule has 0 unspecified atom stereocenters. The monoisotopic (exact) mass is 355 g/mol. The van der Waals surface area contributed by atoms with Crippen molar-refractivity contribution >= 4 is 28.9 Å². The molecule has 0 fully saturated rings. The van der Waals surface area contributed by atoms with Crippen molar-refractivity contribution in [3.05, 3.63) is 0 Å². The maximum absolute atomic E-state index is 11.6. The molecule has 0 aliphatic rings. The lowest BCUT2D eigenvalue weighted by Gasteiger charge is -2.32. The van der Waals surface area contributed by atoms with Crippen molar-refractivity contribution in [3.8, 4) is 0 Å². The van der Waals surface area contributed by atoms with E-state index in [2.05, 4.69) is 0 Å². The van der Waals surface area contributed by atoms with Gasteiger partial charge in [0.1, 0.15) is 28.9 Å². The number of hydrogen-bond donors (Lipinski definition) is 0. The second-order valence-electron chi connectivity index (χ2n) is 6.60. The van der Waals surface area contributed by atoms with Gasteiger partial charge in [0.2, 0.25) is 0 Å². The second kappa shape index (κ2) is 11.7. The van der Waals surface area contributed by atoms with Crippen molar-refractivity contribution in [2.45, 2.75) is 34.6 Å². The van der Waals surface area contributed by atoms with Gasteiger partial charge >= 0.3 is 0 Å². The first-order valence-corrected chi connectivity index (χ1v) is 8.13. The van der Waals surface area contributed by atoms with Crippen LogP contribution in [0.4, 0.5) is 0 Å². The predicted octanol–water partition coefficient (Wildman–Crippen LogP) is -0.248. The van der Waals surface area contributed by atoms with E-state index in [-0.39, 0.29) is 75.0 Å². The highest BCUT2D eigenvalue weighted by Crippen LogP contribution is 2.01. The van der Waals surface area contributed by atoms with Gasteiger partial charge in [-0.15, -0.1) is 0 Å². The van der Waals surface area contributed by atoms with E-state index in [4.69, 9.17) is 0 Å². The standard InChI is InChI=1S/C17H29N3O5/c1-13(21)6-18(7-14(2)22)11-20(10-17(5)25)12-19(8-15(3)23)9-16(4)24/h6-12H2,1-5H3. The summed E-state index contributed by atoms with van der Waals surface area (Å²) < 4.78 is 0. The highest BCUT2D eigenvalue weighted by atomic mass is 16.1. The van der Waals surface area contributed by atoms with Crippen LogP contribution in [-0.4, -0.2) is 89.7 Å². The van der Waals surface area contributed by atoms with Crippen molar-refractivity contribution in [2.24, 2.45) is 0 Å². The quantitative estimate of drug-likeness (QED) is 0.394. The first-order valence-electron chi connectivity index (χ1n) is 8.13. The first kappa shape index (κ1) is 23.2. The minimum atomic E-state index is -0.0895. The van der Waals surface area contributed by atoms with Gasteiger partial charge in [0.25, 0.3) is 0 Å². The Labute approximate surface area is 149 Å². The summed E-state index contributed by atoms with van der Waals surface area (Å²) in [6.45, 7) is 8.05. The lowest BCUT2D eigenvalue weighted by Crippen LogP contribution is -2.49. The second-order valence-corrected chi connectivity index (χ2v) is 6.60. The molecule has 0 aliphatic carbocycles. The van der Waals surface area contributed by atoms with Crippen molar-refractivity contribution in [1.82, 2.24) is 14.7 Å². The fraction of sp³-hybridized carbons (Fsp3) is 0.706. The van der Waals surface area contributed by atoms with Crippen LogP contribution in [0.25, 0.3) is 0 Å². The molecule has 0 aromatic rings.